The number of carbonyl (C=O) groups excluding carboxylic acids is 2. The van der Waals surface area contributed by atoms with Gasteiger partial charge in [0.1, 0.15) is 5.00 Å². The predicted molar refractivity (Wildman–Crippen MR) is 119 cm³/mol. The highest BCUT2D eigenvalue weighted by Crippen LogP contribution is 2.41. The maximum atomic E-state index is 13.2. The van der Waals surface area contributed by atoms with Crippen molar-refractivity contribution in [1.29, 1.82) is 0 Å². The topological polar surface area (TPSA) is 95.5 Å². The van der Waals surface area contributed by atoms with E-state index in [9.17, 15) is 14.4 Å². The molecule has 2 amide bonds. The predicted octanol–water partition coefficient (Wildman–Crippen LogP) is 5.02. The first-order chi connectivity index (χ1) is 14.4. The van der Waals surface area contributed by atoms with E-state index < -0.39 is 5.97 Å². The molecule has 1 unspecified atom stereocenters. The van der Waals surface area contributed by atoms with Crippen LogP contribution in [0.15, 0.2) is 24.3 Å². The Hall–Kier alpha value is -2.67. The summed E-state index contributed by atoms with van der Waals surface area (Å²) in [6.45, 7) is 4.15. The average molecular weight is 429 g/mol. The number of nitrogens with one attached hydrogen (secondary N) is 2. The lowest BCUT2D eigenvalue weighted by atomic mass is 9.85. The van der Waals surface area contributed by atoms with E-state index >= 15 is 0 Å². The Morgan fingerprint density at radius 3 is 2.70 bits per heavy atom. The number of rotatable bonds is 8. The quantitative estimate of drug-likeness (QED) is 0.550. The Kier molecular flexibility index (Phi) is 7.26. The van der Waals surface area contributed by atoms with Crippen molar-refractivity contribution in [1.82, 2.24) is 0 Å². The van der Waals surface area contributed by atoms with Crippen molar-refractivity contribution in [3.63, 3.8) is 0 Å². The van der Waals surface area contributed by atoms with E-state index in [-0.39, 0.29) is 31.1 Å². The molecule has 0 saturated carbocycles. The third-order valence-corrected chi connectivity index (χ3v) is 6.66. The molecule has 0 radical (unpaired) electrons. The van der Waals surface area contributed by atoms with E-state index in [4.69, 9.17) is 5.11 Å². The van der Waals surface area contributed by atoms with Crippen LogP contribution in [0.5, 0.6) is 0 Å². The summed E-state index contributed by atoms with van der Waals surface area (Å²) in [7, 11) is 0. The molecule has 3 N–H and O–H groups in total. The van der Waals surface area contributed by atoms with Crippen molar-refractivity contribution in [3.05, 3.63) is 45.8 Å². The molecule has 0 fully saturated rings. The van der Waals surface area contributed by atoms with Gasteiger partial charge in [0.2, 0.25) is 5.91 Å². The first-order valence-corrected chi connectivity index (χ1v) is 11.2. The molecule has 1 aromatic heterocycles. The first kappa shape index (κ1) is 22.0. The summed E-state index contributed by atoms with van der Waals surface area (Å²) in [6.07, 6.45) is 4.23. The SMILES string of the molecule is CCC1CCc2c(sc(NC(=O)CCCC(=O)O)c2C(=O)Nc2cccc(C)c2)C1. The van der Waals surface area contributed by atoms with Gasteiger partial charge in [-0.05, 0) is 61.8 Å². The molecule has 6 nitrogen and oxygen atoms in total. The van der Waals surface area contributed by atoms with Crippen molar-refractivity contribution in [2.75, 3.05) is 10.6 Å². The Bertz CT molecular complexity index is 951. The normalized spacial score (nSPS) is 15.3. The number of carbonyl (C=O) groups is 3. The third-order valence-electron chi connectivity index (χ3n) is 5.50. The molecule has 0 spiro atoms. The van der Waals surface area contributed by atoms with E-state index in [1.807, 2.05) is 31.2 Å². The van der Waals surface area contributed by atoms with Crippen LogP contribution in [0.4, 0.5) is 10.7 Å². The van der Waals surface area contributed by atoms with Crippen molar-refractivity contribution in [3.8, 4) is 0 Å². The molecule has 1 atom stereocenters. The lowest BCUT2D eigenvalue weighted by molar-refractivity contribution is -0.137. The summed E-state index contributed by atoms with van der Waals surface area (Å²) in [6, 6.07) is 7.62. The molecule has 1 aliphatic rings. The second-order valence-electron chi connectivity index (χ2n) is 7.84. The number of fused-ring (bicyclic) bond motifs is 1. The molecule has 0 aliphatic heterocycles. The highest BCUT2D eigenvalue weighted by atomic mass is 32.1. The number of amides is 2. The van der Waals surface area contributed by atoms with E-state index in [2.05, 4.69) is 17.6 Å². The fourth-order valence-corrected chi connectivity index (χ4v) is 5.21. The van der Waals surface area contributed by atoms with Crippen molar-refractivity contribution in [2.24, 2.45) is 5.92 Å². The van der Waals surface area contributed by atoms with Crippen LogP contribution < -0.4 is 10.6 Å². The molecule has 160 valence electrons. The average Bonchev–Trinajstić information content (AvgIpc) is 3.04. The number of benzene rings is 1. The second-order valence-corrected chi connectivity index (χ2v) is 8.95. The summed E-state index contributed by atoms with van der Waals surface area (Å²) < 4.78 is 0. The van der Waals surface area contributed by atoms with Gasteiger partial charge in [0.15, 0.2) is 0 Å². The molecular formula is C23H28N2O4S. The molecule has 3 rings (SSSR count). The zero-order valence-electron chi connectivity index (χ0n) is 17.4. The summed E-state index contributed by atoms with van der Waals surface area (Å²) in [5.74, 6) is -0.790. The number of thiophene rings is 1. The van der Waals surface area contributed by atoms with Gasteiger partial charge in [-0.2, -0.15) is 0 Å². The van der Waals surface area contributed by atoms with Gasteiger partial charge >= 0.3 is 5.97 Å². The standard InChI is InChI=1S/C23H28N2O4S/c1-3-15-10-11-17-18(13-15)30-23(25-19(26)8-5-9-20(27)28)21(17)22(29)24-16-7-4-6-14(2)12-16/h4,6-7,12,15H,3,5,8-11,13H2,1-2H3,(H,24,29)(H,25,26)(H,27,28). The van der Waals surface area contributed by atoms with Gasteiger partial charge in [-0.15, -0.1) is 11.3 Å². The smallest absolute Gasteiger partial charge is 0.303 e. The van der Waals surface area contributed by atoms with E-state index in [1.165, 1.54) is 16.2 Å². The Morgan fingerprint density at radius 1 is 1.20 bits per heavy atom. The van der Waals surface area contributed by atoms with Gasteiger partial charge in [0, 0.05) is 23.4 Å². The van der Waals surface area contributed by atoms with Crippen molar-refractivity contribution in [2.45, 2.75) is 58.8 Å². The Morgan fingerprint density at radius 2 is 2.00 bits per heavy atom. The number of hydrogen-bond acceptors (Lipinski definition) is 4. The molecule has 1 aromatic carbocycles. The van der Waals surface area contributed by atoms with Crippen LogP contribution in [0, 0.1) is 12.8 Å². The molecule has 1 aliphatic carbocycles. The monoisotopic (exact) mass is 428 g/mol. The largest absolute Gasteiger partial charge is 0.481 e. The van der Waals surface area contributed by atoms with Gasteiger partial charge < -0.3 is 15.7 Å². The minimum atomic E-state index is -0.918. The minimum absolute atomic E-state index is 0.0484. The Balaban J connectivity index is 1.83. The van der Waals surface area contributed by atoms with Gasteiger partial charge in [-0.3, -0.25) is 14.4 Å². The van der Waals surface area contributed by atoms with Crippen molar-refractivity contribution >= 4 is 39.8 Å². The molecule has 2 aromatic rings. The zero-order valence-corrected chi connectivity index (χ0v) is 18.2. The van der Waals surface area contributed by atoms with Crippen molar-refractivity contribution < 1.29 is 19.5 Å². The molecule has 0 saturated heterocycles. The van der Waals surface area contributed by atoms with Crippen LogP contribution in [0.3, 0.4) is 0 Å². The van der Waals surface area contributed by atoms with Gasteiger partial charge in [-0.1, -0.05) is 25.5 Å². The molecule has 0 bridgehead atoms. The summed E-state index contributed by atoms with van der Waals surface area (Å²) in [5.41, 5.74) is 3.37. The molecule has 7 heteroatoms. The second kappa shape index (κ2) is 9.89. The summed E-state index contributed by atoms with van der Waals surface area (Å²) in [5, 5.41) is 15.2. The fourth-order valence-electron chi connectivity index (χ4n) is 3.84. The maximum Gasteiger partial charge on any atom is 0.303 e. The number of aryl methyl sites for hydroxylation is 1. The fraction of sp³-hybridized carbons (Fsp3) is 0.435. The van der Waals surface area contributed by atoms with E-state index in [0.29, 0.717) is 16.5 Å². The van der Waals surface area contributed by atoms with Gasteiger partial charge in [-0.25, -0.2) is 0 Å². The zero-order chi connectivity index (χ0) is 21.7. The molecule has 30 heavy (non-hydrogen) atoms. The number of hydrogen-bond donors (Lipinski definition) is 3. The Labute approximate surface area is 180 Å². The van der Waals surface area contributed by atoms with Crippen LogP contribution in [0.2, 0.25) is 0 Å². The van der Waals surface area contributed by atoms with Gasteiger partial charge in [0.05, 0.1) is 5.56 Å². The maximum absolute atomic E-state index is 13.2. The summed E-state index contributed by atoms with van der Waals surface area (Å²) in [4.78, 5) is 37.4. The third kappa shape index (κ3) is 5.48. The molecular weight excluding hydrogens is 400 g/mol. The lowest BCUT2D eigenvalue weighted by Gasteiger charge is -2.21. The number of carboxylic acid groups (broad SMARTS) is 1. The molecule has 1 heterocycles. The van der Waals surface area contributed by atoms with Crippen LogP contribution in [0.1, 0.15) is 65.4 Å². The summed E-state index contributed by atoms with van der Waals surface area (Å²) >= 11 is 1.48. The van der Waals surface area contributed by atoms with Crippen LogP contribution in [-0.2, 0) is 22.4 Å². The number of anilines is 2. The van der Waals surface area contributed by atoms with E-state index in [1.54, 1.807) is 0 Å². The first-order valence-electron chi connectivity index (χ1n) is 10.4. The van der Waals surface area contributed by atoms with Gasteiger partial charge in [0.25, 0.3) is 5.91 Å². The minimum Gasteiger partial charge on any atom is -0.481 e. The lowest BCUT2D eigenvalue weighted by Crippen LogP contribution is -2.19. The highest BCUT2D eigenvalue weighted by Gasteiger charge is 2.29. The van der Waals surface area contributed by atoms with E-state index in [0.717, 1.165) is 42.5 Å². The number of carboxylic acids is 1. The van der Waals surface area contributed by atoms with Crippen LogP contribution in [0.25, 0.3) is 0 Å². The number of aliphatic carboxylic acids is 1. The van der Waals surface area contributed by atoms with Crippen LogP contribution in [-0.4, -0.2) is 22.9 Å². The van der Waals surface area contributed by atoms with Crippen LogP contribution >= 0.6 is 11.3 Å². The highest BCUT2D eigenvalue weighted by molar-refractivity contribution is 7.17.